The number of aromatic nitrogens is 1. The Hall–Kier alpha value is -1.19. The van der Waals surface area contributed by atoms with E-state index in [1.54, 1.807) is 5.51 Å². The van der Waals surface area contributed by atoms with Crippen molar-refractivity contribution >= 4 is 11.3 Å². The zero-order valence-electron chi connectivity index (χ0n) is 10.4. The highest BCUT2D eigenvalue weighted by atomic mass is 32.1. The highest BCUT2D eigenvalue weighted by Gasteiger charge is 2.13. The predicted octanol–water partition coefficient (Wildman–Crippen LogP) is 3.34. The number of nitrogens with zero attached hydrogens (tertiary/aromatic N) is 1. The highest BCUT2D eigenvalue weighted by Crippen LogP contribution is 2.25. The van der Waals surface area contributed by atoms with Crippen LogP contribution in [0, 0.1) is 20.8 Å². The molecule has 2 nitrogen and oxygen atoms in total. The number of aliphatic hydroxyl groups is 1. The Morgan fingerprint density at radius 3 is 2.59 bits per heavy atom. The fourth-order valence-electron chi connectivity index (χ4n) is 1.88. The van der Waals surface area contributed by atoms with Crippen molar-refractivity contribution in [3.63, 3.8) is 0 Å². The van der Waals surface area contributed by atoms with Crippen LogP contribution >= 0.6 is 11.3 Å². The van der Waals surface area contributed by atoms with Crippen molar-refractivity contribution in [2.75, 3.05) is 0 Å². The molecule has 1 aromatic carbocycles. The first-order valence-corrected chi connectivity index (χ1v) is 6.60. The third-order valence-corrected chi connectivity index (χ3v) is 4.12. The first kappa shape index (κ1) is 12.3. The van der Waals surface area contributed by atoms with Crippen LogP contribution in [0.5, 0.6) is 0 Å². The third kappa shape index (κ3) is 2.73. The largest absolute Gasteiger partial charge is 0.387 e. The summed E-state index contributed by atoms with van der Waals surface area (Å²) in [7, 11) is 0. The molecule has 0 fully saturated rings. The molecule has 1 unspecified atom stereocenters. The van der Waals surface area contributed by atoms with E-state index in [9.17, 15) is 5.11 Å². The summed E-state index contributed by atoms with van der Waals surface area (Å²) in [6.07, 6.45) is 0.217. The number of aryl methyl sites for hydroxylation is 3. The molecule has 2 aromatic rings. The molecule has 0 aliphatic carbocycles. The van der Waals surface area contributed by atoms with Gasteiger partial charge in [0.25, 0.3) is 0 Å². The Morgan fingerprint density at radius 1 is 1.24 bits per heavy atom. The summed E-state index contributed by atoms with van der Waals surface area (Å²) >= 11 is 1.52. The first-order valence-electron chi connectivity index (χ1n) is 5.72. The van der Waals surface area contributed by atoms with Crippen molar-refractivity contribution in [1.29, 1.82) is 0 Å². The summed E-state index contributed by atoms with van der Waals surface area (Å²) in [6.45, 7) is 6.14. The second-order valence-corrected chi connectivity index (χ2v) is 5.33. The van der Waals surface area contributed by atoms with Crippen LogP contribution in [-0.4, -0.2) is 10.1 Å². The van der Waals surface area contributed by atoms with Gasteiger partial charge in [0.05, 0.1) is 22.2 Å². The number of aliphatic hydroxyl groups excluding tert-OH is 1. The van der Waals surface area contributed by atoms with Gasteiger partial charge in [0.2, 0.25) is 0 Å². The fraction of sp³-hybridized carbons (Fsp3) is 0.357. The number of hydrogen-bond acceptors (Lipinski definition) is 3. The van der Waals surface area contributed by atoms with E-state index in [-0.39, 0.29) is 0 Å². The van der Waals surface area contributed by atoms with Crippen molar-refractivity contribution in [3.05, 3.63) is 51.0 Å². The summed E-state index contributed by atoms with van der Waals surface area (Å²) in [5.74, 6) is 0. The van der Waals surface area contributed by atoms with Crippen molar-refractivity contribution in [2.45, 2.75) is 33.3 Å². The SMILES string of the molecule is Cc1ccc(CC(O)c2scnc2C)cc1C. The average Bonchev–Trinajstić information content (AvgIpc) is 2.70. The molecule has 2 rings (SSSR count). The van der Waals surface area contributed by atoms with Gasteiger partial charge in [-0.15, -0.1) is 11.3 Å². The molecular formula is C14H17NOS. The lowest BCUT2D eigenvalue weighted by molar-refractivity contribution is 0.181. The van der Waals surface area contributed by atoms with Crippen molar-refractivity contribution < 1.29 is 5.11 Å². The maximum Gasteiger partial charge on any atom is 0.0940 e. The Balaban J connectivity index is 2.16. The minimum absolute atomic E-state index is 0.440. The van der Waals surface area contributed by atoms with Crippen molar-refractivity contribution in [1.82, 2.24) is 4.98 Å². The van der Waals surface area contributed by atoms with Gasteiger partial charge in [-0.2, -0.15) is 0 Å². The second-order valence-electron chi connectivity index (χ2n) is 4.44. The van der Waals surface area contributed by atoms with E-state index in [4.69, 9.17) is 0 Å². The summed E-state index contributed by atoms with van der Waals surface area (Å²) in [6, 6.07) is 6.34. The third-order valence-electron chi connectivity index (χ3n) is 3.09. The van der Waals surface area contributed by atoms with Gasteiger partial charge in [-0.25, -0.2) is 4.98 Å². The molecule has 0 bridgehead atoms. The number of hydrogen-bond donors (Lipinski definition) is 1. The van der Waals surface area contributed by atoms with Crippen LogP contribution in [0.1, 0.15) is 33.4 Å². The van der Waals surface area contributed by atoms with Crippen LogP contribution in [0.25, 0.3) is 0 Å². The summed E-state index contributed by atoms with van der Waals surface area (Å²) in [4.78, 5) is 5.14. The topological polar surface area (TPSA) is 33.1 Å². The van der Waals surface area contributed by atoms with Gasteiger partial charge in [-0.3, -0.25) is 0 Å². The molecular weight excluding hydrogens is 230 g/mol. The molecule has 0 amide bonds. The van der Waals surface area contributed by atoms with Crippen LogP contribution in [0.4, 0.5) is 0 Å². The lowest BCUT2D eigenvalue weighted by Gasteiger charge is -2.11. The monoisotopic (exact) mass is 247 g/mol. The van der Waals surface area contributed by atoms with E-state index in [0.717, 1.165) is 10.6 Å². The normalized spacial score (nSPS) is 12.7. The maximum atomic E-state index is 10.2. The van der Waals surface area contributed by atoms with Crippen LogP contribution in [0.2, 0.25) is 0 Å². The molecule has 0 aliphatic rings. The quantitative estimate of drug-likeness (QED) is 0.902. The van der Waals surface area contributed by atoms with Crippen LogP contribution in [-0.2, 0) is 6.42 Å². The van der Waals surface area contributed by atoms with Gasteiger partial charge in [-0.1, -0.05) is 18.2 Å². The Bertz CT molecular complexity index is 519. The molecule has 0 radical (unpaired) electrons. The standard InChI is InChI=1S/C14H17NOS/c1-9-4-5-12(6-10(9)2)7-13(16)14-11(3)15-8-17-14/h4-6,8,13,16H,7H2,1-3H3. The highest BCUT2D eigenvalue weighted by molar-refractivity contribution is 7.09. The zero-order valence-corrected chi connectivity index (χ0v) is 11.2. The lowest BCUT2D eigenvalue weighted by atomic mass is 10.0. The van der Waals surface area contributed by atoms with Gasteiger partial charge in [0.1, 0.15) is 0 Å². The Morgan fingerprint density at radius 2 is 2.00 bits per heavy atom. The van der Waals surface area contributed by atoms with E-state index in [1.165, 1.54) is 28.0 Å². The van der Waals surface area contributed by atoms with Gasteiger partial charge in [-0.05, 0) is 37.5 Å². The Labute approximate surface area is 106 Å². The van der Waals surface area contributed by atoms with Crippen LogP contribution in [0.15, 0.2) is 23.7 Å². The van der Waals surface area contributed by atoms with Crippen molar-refractivity contribution in [2.24, 2.45) is 0 Å². The first-order chi connectivity index (χ1) is 8.08. The molecule has 90 valence electrons. The van der Waals surface area contributed by atoms with E-state index < -0.39 is 6.10 Å². The lowest BCUT2D eigenvalue weighted by Crippen LogP contribution is -2.02. The van der Waals surface area contributed by atoms with E-state index in [1.807, 2.05) is 6.92 Å². The molecule has 17 heavy (non-hydrogen) atoms. The number of rotatable bonds is 3. The summed E-state index contributed by atoms with van der Waals surface area (Å²) in [5.41, 5.74) is 6.46. The van der Waals surface area contributed by atoms with E-state index in [0.29, 0.717) is 6.42 Å². The molecule has 1 aromatic heterocycles. The fourth-order valence-corrected chi connectivity index (χ4v) is 2.67. The number of thiazole rings is 1. The minimum atomic E-state index is -0.440. The molecule has 3 heteroatoms. The molecule has 1 N–H and O–H groups in total. The van der Waals surface area contributed by atoms with E-state index >= 15 is 0 Å². The van der Waals surface area contributed by atoms with Crippen molar-refractivity contribution in [3.8, 4) is 0 Å². The predicted molar refractivity (Wildman–Crippen MR) is 71.4 cm³/mol. The van der Waals surface area contributed by atoms with Gasteiger partial charge < -0.3 is 5.11 Å². The molecule has 0 saturated carbocycles. The molecule has 0 saturated heterocycles. The minimum Gasteiger partial charge on any atom is -0.387 e. The molecule has 1 heterocycles. The molecule has 0 aliphatic heterocycles. The Kier molecular flexibility index (Phi) is 3.60. The summed E-state index contributed by atoms with van der Waals surface area (Å²) in [5, 5.41) is 10.2. The van der Waals surface area contributed by atoms with E-state index in [2.05, 4.69) is 37.0 Å². The van der Waals surface area contributed by atoms with Gasteiger partial charge >= 0.3 is 0 Å². The second kappa shape index (κ2) is 4.98. The van der Waals surface area contributed by atoms with Gasteiger partial charge in [0.15, 0.2) is 0 Å². The smallest absolute Gasteiger partial charge is 0.0940 e. The van der Waals surface area contributed by atoms with Gasteiger partial charge in [0, 0.05) is 6.42 Å². The molecule has 1 atom stereocenters. The van der Waals surface area contributed by atoms with Crippen LogP contribution in [0.3, 0.4) is 0 Å². The molecule has 0 spiro atoms. The average molecular weight is 247 g/mol. The zero-order chi connectivity index (χ0) is 12.4. The maximum absolute atomic E-state index is 10.2. The number of benzene rings is 1. The van der Waals surface area contributed by atoms with Crippen LogP contribution < -0.4 is 0 Å². The summed E-state index contributed by atoms with van der Waals surface area (Å²) < 4.78 is 0.